The van der Waals surface area contributed by atoms with Gasteiger partial charge in [-0.1, -0.05) is 6.42 Å². The Labute approximate surface area is 72.5 Å². The molecule has 0 aromatic rings. The number of rotatable bonds is 1. The minimum absolute atomic E-state index is 0.0241. The maximum atomic E-state index is 10.8. The number of amides is 1. The van der Waals surface area contributed by atoms with Crippen LogP contribution < -0.4 is 11.1 Å². The van der Waals surface area contributed by atoms with E-state index in [-0.39, 0.29) is 18.2 Å². The molecule has 4 heteroatoms. The van der Waals surface area contributed by atoms with E-state index in [1.165, 1.54) is 0 Å². The average molecular weight is 172 g/mol. The van der Waals surface area contributed by atoms with Crippen LogP contribution in [0.25, 0.3) is 0 Å². The van der Waals surface area contributed by atoms with Crippen LogP contribution in [0.1, 0.15) is 25.7 Å². The van der Waals surface area contributed by atoms with Gasteiger partial charge in [0.1, 0.15) is 6.10 Å². The van der Waals surface area contributed by atoms with Crippen molar-refractivity contribution in [3.63, 3.8) is 0 Å². The lowest BCUT2D eigenvalue weighted by atomic mass is 9.93. The smallest absolute Gasteiger partial charge is 0.407 e. The number of alkyl carbamates (subject to hydrolysis) is 1. The molecule has 1 saturated carbocycles. The molecule has 0 aromatic carbocycles. The normalized spacial score (nSPS) is 29.5. The number of carbonyl (C=O) groups excluding carboxylic acids is 1. The van der Waals surface area contributed by atoms with Gasteiger partial charge < -0.3 is 15.8 Å². The second-order valence-corrected chi connectivity index (χ2v) is 3.14. The lowest BCUT2D eigenvalue weighted by molar-refractivity contribution is 0.0641. The van der Waals surface area contributed by atoms with Crippen molar-refractivity contribution >= 4 is 6.09 Å². The fourth-order valence-corrected chi connectivity index (χ4v) is 1.47. The topological polar surface area (TPSA) is 64.3 Å². The van der Waals surface area contributed by atoms with Gasteiger partial charge in [0.15, 0.2) is 0 Å². The van der Waals surface area contributed by atoms with Crippen LogP contribution in [0, 0.1) is 0 Å². The molecule has 70 valence electrons. The van der Waals surface area contributed by atoms with E-state index in [1.807, 2.05) is 0 Å². The zero-order chi connectivity index (χ0) is 8.97. The summed E-state index contributed by atoms with van der Waals surface area (Å²) in [5, 5.41) is 2.42. The lowest BCUT2D eigenvalue weighted by Crippen LogP contribution is -2.42. The van der Waals surface area contributed by atoms with Crippen LogP contribution in [0.3, 0.4) is 0 Å². The number of nitrogens with two attached hydrogens (primary N) is 1. The van der Waals surface area contributed by atoms with Crippen LogP contribution in [0.15, 0.2) is 0 Å². The summed E-state index contributed by atoms with van der Waals surface area (Å²) < 4.78 is 5.08. The molecule has 4 nitrogen and oxygen atoms in total. The first-order chi connectivity index (χ1) is 5.74. The minimum atomic E-state index is -0.377. The first kappa shape index (κ1) is 9.32. The predicted octanol–water partition coefficient (Wildman–Crippen LogP) is 0.612. The zero-order valence-corrected chi connectivity index (χ0v) is 7.38. The van der Waals surface area contributed by atoms with Gasteiger partial charge in [-0.3, -0.25) is 0 Å². The van der Waals surface area contributed by atoms with Crippen LogP contribution in [-0.2, 0) is 4.74 Å². The fourth-order valence-electron chi connectivity index (χ4n) is 1.47. The fraction of sp³-hybridized carbons (Fsp3) is 0.875. The van der Waals surface area contributed by atoms with E-state index in [1.54, 1.807) is 7.05 Å². The molecular formula is C8H16N2O2. The molecule has 0 spiro atoms. The highest BCUT2D eigenvalue weighted by molar-refractivity contribution is 5.66. The molecule has 1 rings (SSSR count). The molecule has 1 aliphatic carbocycles. The number of hydrogen-bond acceptors (Lipinski definition) is 3. The highest BCUT2D eigenvalue weighted by atomic mass is 16.6. The molecule has 0 saturated heterocycles. The zero-order valence-electron chi connectivity index (χ0n) is 7.38. The van der Waals surface area contributed by atoms with Crippen LogP contribution in [0.5, 0.6) is 0 Å². The summed E-state index contributed by atoms with van der Waals surface area (Å²) >= 11 is 0. The summed E-state index contributed by atoms with van der Waals surface area (Å²) in [4.78, 5) is 10.8. The van der Waals surface area contributed by atoms with Gasteiger partial charge in [-0.05, 0) is 19.3 Å². The summed E-state index contributed by atoms with van der Waals surface area (Å²) in [6, 6.07) is 0.0241. The second-order valence-electron chi connectivity index (χ2n) is 3.14. The summed E-state index contributed by atoms with van der Waals surface area (Å²) in [7, 11) is 1.55. The Bertz CT molecular complexity index is 161. The second kappa shape index (κ2) is 4.30. The molecule has 0 radical (unpaired) electrons. The largest absolute Gasteiger partial charge is 0.445 e. The lowest BCUT2D eigenvalue weighted by Gasteiger charge is -2.27. The van der Waals surface area contributed by atoms with E-state index in [2.05, 4.69) is 5.32 Å². The van der Waals surface area contributed by atoms with Crippen molar-refractivity contribution in [1.29, 1.82) is 0 Å². The van der Waals surface area contributed by atoms with Gasteiger partial charge in [-0.2, -0.15) is 0 Å². The van der Waals surface area contributed by atoms with Gasteiger partial charge in [0.2, 0.25) is 0 Å². The summed E-state index contributed by atoms with van der Waals surface area (Å²) in [6.45, 7) is 0. The number of ether oxygens (including phenoxy) is 1. The Morgan fingerprint density at radius 2 is 2.17 bits per heavy atom. The van der Waals surface area contributed by atoms with Crippen LogP contribution in [-0.4, -0.2) is 25.3 Å². The summed E-state index contributed by atoms with van der Waals surface area (Å²) in [5.41, 5.74) is 5.78. The van der Waals surface area contributed by atoms with Gasteiger partial charge in [0.05, 0.1) is 0 Å². The van der Waals surface area contributed by atoms with Crippen molar-refractivity contribution < 1.29 is 9.53 Å². The molecule has 3 N–H and O–H groups in total. The quantitative estimate of drug-likeness (QED) is 0.609. The van der Waals surface area contributed by atoms with Crippen molar-refractivity contribution in [1.82, 2.24) is 5.32 Å². The van der Waals surface area contributed by atoms with E-state index in [9.17, 15) is 4.79 Å². The Kier molecular flexibility index (Phi) is 3.34. The number of nitrogens with one attached hydrogen (secondary N) is 1. The molecule has 0 heterocycles. The third kappa shape index (κ3) is 2.37. The average Bonchev–Trinajstić information content (AvgIpc) is 2.09. The van der Waals surface area contributed by atoms with Crippen LogP contribution in [0.2, 0.25) is 0 Å². The van der Waals surface area contributed by atoms with Gasteiger partial charge in [-0.25, -0.2) is 4.79 Å². The summed E-state index contributed by atoms with van der Waals surface area (Å²) in [5.74, 6) is 0. The standard InChI is InChI=1S/C8H16N2O2/c1-10-8(11)12-7-5-3-2-4-6(7)9/h6-7H,2-5,9H2,1H3,(H,10,11)/t6-,7+/m0/s1. The summed E-state index contributed by atoms with van der Waals surface area (Å²) in [6.07, 6.45) is 3.65. The molecule has 0 aromatic heterocycles. The highest BCUT2D eigenvalue weighted by Gasteiger charge is 2.24. The molecule has 2 atom stereocenters. The van der Waals surface area contributed by atoms with Crippen molar-refractivity contribution in [3.05, 3.63) is 0 Å². The number of carbonyl (C=O) groups is 1. The first-order valence-electron chi connectivity index (χ1n) is 4.38. The molecule has 0 unspecified atom stereocenters. The maximum Gasteiger partial charge on any atom is 0.407 e. The van der Waals surface area contributed by atoms with Gasteiger partial charge in [0, 0.05) is 13.1 Å². The third-order valence-electron chi connectivity index (χ3n) is 2.22. The highest BCUT2D eigenvalue weighted by Crippen LogP contribution is 2.19. The Balaban J connectivity index is 2.33. The van der Waals surface area contributed by atoms with Gasteiger partial charge in [-0.15, -0.1) is 0 Å². The molecule has 1 amide bonds. The molecule has 12 heavy (non-hydrogen) atoms. The predicted molar refractivity (Wildman–Crippen MR) is 45.8 cm³/mol. The van der Waals surface area contributed by atoms with E-state index in [0.29, 0.717) is 0 Å². The van der Waals surface area contributed by atoms with Crippen LogP contribution in [0.4, 0.5) is 4.79 Å². The van der Waals surface area contributed by atoms with Crippen molar-refractivity contribution in [3.8, 4) is 0 Å². The Morgan fingerprint density at radius 1 is 1.50 bits per heavy atom. The molecule has 0 bridgehead atoms. The Morgan fingerprint density at radius 3 is 2.75 bits per heavy atom. The van der Waals surface area contributed by atoms with Crippen molar-refractivity contribution in [2.45, 2.75) is 37.8 Å². The van der Waals surface area contributed by atoms with E-state index in [0.717, 1.165) is 25.7 Å². The van der Waals surface area contributed by atoms with Gasteiger partial charge >= 0.3 is 6.09 Å². The van der Waals surface area contributed by atoms with E-state index in [4.69, 9.17) is 10.5 Å². The van der Waals surface area contributed by atoms with E-state index < -0.39 is 0 Å². The van der Waals surface area contributed by atoms with Crippen LogP contribution >= 0.6 is 0 Å². The minimum Gasteiger partial charge on any atom is -0.445 e. The molecule has 0 aliphatic heterocycles. The van der Waals surface area contributed by atoms with Crippen molar-refractivity contribution in [2.75, 3.05) is 7.05 Å². The number of hydrogen-bond donors (Lipinski definition) is 2. The van der Waals surface area contributed by atoms with Gasteiger partial charge in [0.25, 0.3) is 0 Å². The molecule has 1 fully saturated rings. The van der Waals surface area contributed by atoms with E-state index >= 15 is 0 Å². The monoisotopic (exact) mass is 172 g/mol. The molecule has 1 aliphatic rings. The van der Waals surface area contributed by atoms with Crippen molar-refractivity contribution in [2.24, 2.45) is 5.73 Å². The SMILES string of the molecule is CNC(=O)O[C@@H]1CCCC[C@@H]1N. The Hall–Kier alpha value is -0.770. The third-order valence-corrected chi connectivity index (χ3v) is 2.22. The maximum absolute atomic E-state index is 10.8. The molecular weight excluding hydrogens is 156 g/mol. The first-order valence-corrected chi connectivity index (χ1v) is 4.38.